The number of fused-ring (bicyclic) bond motifs is 1. The van der Waals surface area contributed by atoms with Crippen LogP contribution in [0.25, 0.3) is 10.9 Å². The van der Waals surface area contributed by atoms with Crippen LogP contribution < -0.4 is 16.8 Å². The van der Waals surface area contributed by atoms with Gasteiger partial charge >= 0.3 is 0 Å². The van der Waals surface area contributed by atoms with Gasteiger partial charge in [-0.1, -0.05) is 37.1 Å². The van der Waals surface area contributed by atoms with E-state index < -0.39 is 23.7 Å². The molecule has 200 valence electrons. The first-order valence-corrected chi connectivity index (χ1v) is 13.3. The molecule has 2 aromatic heterocycles. The number of nitrogen functional groups attached to an aromatic ring is 1. The van der Waals surface area contributed by atoms with Crippen LogP contribution >= 0.6 is 11.5 Å². The summed E-state index contributed by atoms with van der Waals surface area (Å²) in [5, 5.41) is 3.92. The van der Waals surface area contributed by atoms with Crippen LogP contribution in [0.1, 0.15) is 63.0 Å². The average molecular weight is 547 g/mol. The van der Waals surface area contributed by atoms with Crippen molar-refractivity contribution in [3.63, 3.8) is 0 Å². The van der Waals surface area contributed by atoms with Gasteiger partial charge in [0.25, 0.3) is 11.8 Å². The van der Waals surface area contributed by atoms with Gasteiger partial charge in [0, 0.05) is 24.2 Å². The van der Waals surface area contributed by atoms with E-state index in [9.17, 15) is 18.8 Å². The Morgan fingerprint density at radius 1 is 1.10 bits per heavy atom. The maximum Gasteiger partial charge on any atom is 0.270 e. The molecule has 11 heteroatoms. The highest BCUT2D eigenvalue weighted by molar-refractivity contribution is 7.09. The Morgan fingerprint density at radius 3 is 2.54 bits per heavy atom. The molecule has 0 unspecified atom stereocenters. The van der Waals surface area contributed by atoms with Crippen LogP contribution in [0.4, 0.5) is 10.1 Å². The van der Waals surface area contributed by atoms with E-state index >= 15 is 0 Å². The van der Waals surface area contributed by atoms with E-state index in [4.69, 9.17) is 11.5 Å². The third-order valence-electron chi connectivity index (χ3n) is 6.89. The molecule has 4 aromatic rings. The van der Waals surface area contributed by atoms with Gasteiger partial charge < -0.3 is 21.7 Å². The van der Waals surface area contributed by atoms with Gasteiger partial charge in [-0.3, -0.25) is 19.4 Å². The summed E-state index contributed by atoms with van der Waals surface area (Å²) in [7, 11) is 0. The van der Waals surface area contributed by atoms with Crippen LogP contribution in [0, 0.1) is 5.82 Å². The molecular formula is C28H27FN6O3S. The van der Waals surface area contributed by atoms with Gasteiger partial charge in [0.2, 0.25) is 5.91 Å². The van der Waals surface area contributed by atoms with Crippen molar-refractivity contribution in [2.45, 2.75) is 44.3 Å². The van der Waals surface area contributed by atoms with E-state index in [1.54, 1.807) is 36.5 Å². The first-order valence-electron chi connectivity index (χ1n) is 12.6. The van der Waals surface area contributed by atoms with Crippen molar-refractivity contribution >= 4 is 45.8 Å². The molecule has 0 saturated heterocycles. The molecule has 1 atom stereocenters. The fourth-order valence-electron chi connectivity index (χ4n) is 4.91. The number of anilines is 1. The number of carbonyl (C=O) groups excluding carboxylic acids is 3. The van der Waals surface area contributed by atoms with Crippen molar-refractivity contribution in [2.24, 2.45) is 5.73 Å². The number of halogens is 1. The van der Waals surface area contributed by atoms with Crippen LogP contribution in [0.15, 0.2) is 60.8 Å². The molecule has 1 aliphatic carbocycles. The Kier molecular flexibility index (Phi) is 7.51. The molecule has 9 nitrogen and oxygen atoms in total. The number of primary amides is 1. The SMILES string of the molecule is NC(=O)c1nsc(C(=O)N(Cc2ccc(F)cc2)[C@H](C(=O)NC2CCCC2)c2ccc3ncccc3c2)c1N. The van der Waals surface area contributed by atoms with Gasteiger partial charge in [-0.05, 0) is 65.8 Å². The molecule has 1 fully saturated rings. The lowest BCUT2D eigenvalue weighted by molar-refractivity contribution is -0.126. The normalized spacial score (nSPS) is 14.3. The number of benzene rings is 2. The van der Waals surface area contributed by atoms with Crippen molar-refractivity contribution in [1.29, 1.82) is 0 Å². The second-order valence-corrected chi connectivity index (χ2v) is 10.3. The summed E-state index contributed by atoms with van der Waals surface area (Å²) in [6, 6.07) is 13.7. The molecule has 5 N–H and O–H groups in total. The van der Waals surface area contributed by atoms with Gasteiger partial charge in [-0.2, -0.15) is 4.37 Å². The van der Waals surface area contributed by atoms with Gasteiger partial charge in [-0.25, -0.2) is 4.39 Å². The number of hydrogen-bond acceptors (Lipinski definition) is 7. The molecule has 2 aromatic carbocycles. The number of amides is 3. The highest BCUT2D eigenvalue weighted by Gasteiger charge is 2.36. The van der Waals surface area contributed by atoms with E-state index in [-0.39, 0.29) is 34.8 Å². The number of pyridine rings is 1. The highest BCUT2D eigenvalue weighted by Crippen LogP contribution is 2.32. The molecular weight excluding hydrogens is 519 g/mol. The van der Waals surface area contributed by atoms with Gasteiger partial charge in [0.15, 0.2) is 5.69 Å². The average Bonchev–Trinajstić information content (AvgIpc) is 3.58. The molecule has 0 spiro atoms. The Balaban J connectivity index is 1.62. The van der Waals surface area contributed by atoms with E-state index in [1.807, 2.05) is 12.1 Å². The Morgan fingerprint density at radius 2 is 1.85 bits per heavy atom. The monoisotopic (exact) mass is 546 g/mol. The summed E-state index contributed by atoms with van der Waals surface area (Å²) >= 11 is 0.745. The van der Waals surface area contributed by atoms with Crippen LogP contribution in [0.5, 0.6) is 0 Å². The highest BCUT2D eigenvalue weighted by atomic mass is 32.1. The van der Waals surface area contributed by atoms with Crippen LogP contribution in [0.3, 0.4) is 0 Å². The van der Waals surface area contributed by atoms with Crippen LogP contribution in [0.2, 0.25) is 0 Å². The second kappa shape index (κ2) is 11.2. The maximum absolute atomic E-state index is 14.1. The molecule has 0 radical (unpaired) electrons. The zero-order chi connectivity index (χ0) is 27.5. The molecule has 0 bridgehead atoms. The summed E-state index contributed by atoms with van der Waals surface area (Å²) in [5.74, 6) is -2.23. The number of nitrogens with one attached hydrogen (secondary N) is 1. The zero-order valence-electron chi connectivity index (χ0n) is 21.0. The Hall–Kier alpha value is -4.38. The fourth-order valence-corrected chi connectivity index (χ4v) is 5.67. The summed E-state index contributed by atoms with van der Waals surface area (Å²) < 4.78 is 17.7. The van der Waals surface area contributed by atoms with E-state index in [2.05, 4.69) is 14.7 Å². The van der Waals surface area contributed by atoms with Gasteiger partial charge in [0.05, 0.1) is 11.2 Å². The summed E-state index contributed by atoms with van der Waals surface area (Å²) in [4.78, 5) is 45.6. The lowest BCUT2D eigenvalue weighted by Gasteiger charge is -2.32. The lowest BCUT2D eigenvalue weighted by atomic mass is 9.99. The largest absolute Gasteiger partial charge is 0.395 e. The van der Waals surface area contributed by atoms with Crippen molar-refractivity contribution in [3.05, 3.63) is 88.3 Å². The zero-order valence-corrected chi connectivity index (χ0v) is 21.8. The van der Waals surface area contributed by atoms with Gasteiger partial charge in [0.1, 0.15) is 16.7 Å². The number of nitrogens with zero attached hydrogens (tertiary/aromatic N) is 3. The van der Waals surface area contributed by atoms with Crippen molar-refractivity contribution in [1.82, 2.24) is 19.6 Å². The van der Waals surface area contributed by atoms with Crippen molar-refractivity contribution in [2.75, 3.05) is 5.73 Å². The molecule has 3 amide bonds. The summed E-state index contributed by atoms with van der Waals surface area (Å²) in [6.07, 6.45) is 5.43. The molecule has 5 rings (SSSR count). The molecule has 0 aliphatic heterocycles. The van der Waals surface area contributed by atoms with E-state index in [1.165, 1.54) is 17.0 Å². The van der Waals surface area contributed by atoms with Gasteiger partial charge in [-0.15, -0.1) is 0 Å². The fraction of sp³-hybridized carbons (Fsp3) is 0.250. The molecule has 39 heavy (non-hydrogen) atoms. The van der Waals surface area contributed by atoms with Crippen LogP contribution in [-0.2, 0) is 11.3 Å². The topological polar surface area (TPSA) is 144 Å². The third-order valence-corrected chi connectivity index (χ3v) is 7.74. The first-order chi connectivity index (χ1) is 18.8. The first kappa shape index (κ1) is 26.2. The number of rotatable bonds is 8. The number of aromatic nitrogens is 2. The number of hydrogen-bond donors (Lipinski definition) is 3. The minimum Gasteiger partial charge on any atom is -0.395 e. The number of carbonyl (C=O) groups is 3. The maximum atomic E-state index is 14.1. The Bertz CT molecular complexity index is 1530. The summed E-state index contributed by atoms with van der Waals surface area (Å²) in [5.41, 5.74) is 13.1. The minimum absolute atomic E-state index is 0.000153. The molecule has 2 heterocycles. The quantitative estimate of drug-likeness (QED) is 0.305. The van der Waals surface area contributed by atoms with E-state index in [0.717, 1.165) is 48.1 Å². The number of nitrogens with two attached hydrogens (primary N) is 2. The van der Waals surface area contributed by atoms with Crippen molar-refractivity contribution < 1.29 is 18.8 Å². The lowest BCUT2D eigenvalue weighted by Crippen LogP contribution is -2.45. The van der Waals surface area contributed by atoms with Crippen LogP contribution in [-0.4, -0.2) is 38.0 Å². The van der Waals surface area contributed by atoms with Crippen molar-refractivity contribution in [3.8, 4) is 0 Å². The predicted molar refractivity (Wildman–Crippen MR) is 146 cm³/mol. The second-order valence-electron chi connectivity index (χ2n) is 9.55. The molecule has 1 aliphatic rings. The van der Waals surface area contributed by atoms with E-state index in [0.29, 0.717) is 11.1 Å². The Labute approximate surface area is 228 Å². The predicted octanol–water partition coefficient (Wildman–Crippen LogP) is 3.95. The third kappa shape index (κ3) is 5.58. The standard InChI is InChI=1S/C28H27FN6O3S/c29-19-10-7-16(8-11-19)15-35(28(38)25-22(30)23(26(31)36)34-39-25)24(27(37)33-20-5-1-2-6-20)18-9-12-21-17(14-18)4-3-13-32-21/h3-4,7-14,20,24H,1-2,5-6,15,30H2,(H2,31,36)(H,33,37)/t24-/m0/s1. The minimum atomic E-state index is -1.06. The molecule has 1 saturated carbocycles. The summed E-state index contributed by atoms with van der Waals surface area (Å²) in [6.45, 7) is -0.0316. The smallest absolute Gasteiger partial charge is 0.270 e.